The van der Waals surface area contributed by atoms with Crippen LogP contribution in [0, 0.1) is 6.42 Å². The summed E-state index contributed by atoms with van der Waals surface area (Å²) >= 11 is 0. The molecule has 1 rings (SSSR count). The highest BCUT2D eigenvalue weighted by Crippen LogP contribution is 2.15. The molecule has 1 aliphatic rings. The molecule has 0 aromatic rings. The summed E-state index contributed by atoms with van der Waals surface area (Å²) in [4.78, 5) is 0. The van der Waals surface area contributed by atoms with E-state index in [1.165, 1.54) is 83.5 Å². The fourth-order valence-electron chi connectivity index (χ4n) is 2.31. The molecule has 14 heavy (non-hydrogen) atoms. The minimum Gasteiger partial charge on any atom is -0.0533 e. The van der Waals surface area contributed by atoms with Gasteiger partial charge in [-0.05, 0) is 6.42 Å². The quantitative estimate of drug-likeness (QED) is 0.493. The first-order valence-corrected chi connectivity index (χ1v) is 6.82. The summed E-state index contributed by atoms with van der Waals surface area (Å²) < 4.78 is 0. The molecule has 0 aliphatic heterocycles. The number of rotatable bonds is 0. The van der Waals surface area contributed by atoms with Crippen molar-refractivity contribution in [2.24, 2.45) is 0 Å². The Hall–Kier alpha value is 0. The van der Waals surface area contributed by atoms with Crippen LogP contribution >= 0.6 is 0 Å². The Morgan fingerprint density at radius 1 is 0.357 bits per heavy atom. The third kappa shape index (κ3) is 7.41. The van der Waals surface area contributed by atoms with Crippen molar-refractivity contribution in [2.45, 2.75) is 83.5 Å². The molecule has 0 bridgehead atoms. The van der Waals surface area contributed by atoms with Crippen LogP contribution in [-0.2, 0) is 0 Å². The van der Waals surface area contributed by atoms with Crippen LogP contribution in [-0.4, -0.2) is 0 Å². The standard InChI is InChI=1S/C14H27/c1-2-4-6-8-10-12-14-13-11-9-7-5-3-1/h1H,2-14H2. The van der Waals surface area contributed by atoms with Gasteiger partial charge in [0.1, 0.15) is 0 Å². The van der Waals surface area contributed by atoms with Crippen molar-refractivity contribution >= 4 is 0 Å². The number of hydrogen-bond acceptors (Lipinski definition) is 0. The molecule has 1 aliphatic carbocycles. The summed E-state index contributed by atoms with van der Waals surface area (Å²) in [7, 11) is 0. The molecule has 0 aromatic carbocycles. The van der Waals surface area contributed by atoms with Crippen LogP contribution in [0.2, 0.25) is 0 Å². The normalized spacial score (nSPS) is 24.0. The molecule has 0 unspecified atom stereocenters. The Kier molecular flexibility index (Phi) is 8.24. The summed E-state index contributed by atoms with van der Waals surface area (Å²) in [5.41, 5.74) is 0. The van der Waals surface area contributed by atoms with Crippen molar-refractivity contribution in [1.82, 2.24) is 0 Å². The van der Waals surface area contributed by atoms with Crippen molar-refractivity contribution in [1.29, 1.82) is 0 Å². The highest BCUT2D eigenvalue weighted by Gasteiger charge is 1.96. The summed E-state index contributed by atoms with van der Waals surface area (Å²) in [6, 6.07) is 0. The van der Waals surface area contributed by atoms with Gasteiger partial charge >= 0.3 is 0 Å². The highest BCUT2D eigenvalue weighted by molar-refractivity contribution is 4.65. The van der Waals surface area contributed by atoms with E-state index in [0.717, 1.165) is 0 Å². The van der Waals surface area contributed by atoms with E-state index in [1.807, 2.05) is 0 Å². The zero-order chi connectivity index (χ0) is 9.90. The molecule has 0 nitrogen and oxygen atoms in total. The van der Waals surface area contributed by atoms with E-state index in [2.05, 4.69) is 6.42 Å². The van der Waals surface area contributed by atoms with E-state index in [9.17, 15) is 0 Å². The molecule has 0 heterocycles. The smallest absolute Gasteiger partial charge is 0.0386 e. The molecule has 0 saturated heterocycles. The molecule has 83 valence electrons. The summed E-state index contributed by atoms with van der Waals surface area (Å²) in [5, 5.41) is 0. The molecular formula is C14H27. The maximum absolute atomic E-state index is 2.52. The third-order valence-corrected chi connectivity index (χ3v) is 3.32. The Morgan fingerprint density at radius 3 is 1.00 bits per heavy atom. The lowest BCUT2D eigenvalue weighted by Gasteiger charge is -2.05. The van der Waals surface area contributed by atoms with Gasteiger partial charge in [-0.15, -0.1) is 0 Å². The van der Waals surface area contributed by atoms with Crippen molar-refractivity contribution in [2.75, 3.05) is 0 Å². The monoisotopic (exact) mass is 195 g/mol. The summed E-state index contributed by atoms with van der Waals surface area (Å²) in [6.45, 7) is 0. The van der Waals surface area contributed by atoms with Gasteiger partial charge in [-0.2, -0.15) is 0 Å². The van der Waals surface area contributed by atoms with Crippen LogP contribution in [0.25, 0.3) is 0 Å². The fraction of sp³-hybridized carbons (Fsp3) is 0.929. The van der Waals surface area contributed by atoms with E-state index in [1.54, 1.807) is 0 Å². The van der Waals surface area contributed by atoms with E-state index in [0.29, 0.717) is 0 Å². The topological polar surface area (TPSA) is 0 Å². The summed E-state index contributed by atoms with van der Waals surface area (Å²) in [6.07, 6.45) is 21.5. The zero-order valence-electron chi connectivity index (χ0n) is 9.77. The van der Waals surface area contributed by atoms with Crippen LogP contribution in [0.1, 0.15) is 83.5 Å². The van der Waals surface area contributed by atoms with Gasteiger partial charge in [0, 0.05) is 0 Å². The maximum atomic E-state index is 2.52. The molecule has 0 atom stereocenters. The summed E-state index contributed by atoms with van der Waals surface area (Å²) in [5.74, 6) is 0. The van der Waals surface area contributed by atoms with Gasteiger partial charge in [-0.1, -0.05) is 83.5 Å². The van der Waals surface area contributed by atoms with Gasteiger partial charge in [-0.3, -0.25) is 0 Å². The molecule has 1 radical (unpaired) electrons. The Bertz CT molecular complexity index is 53.3. The molecular weight excluding hydrogens is 168 g/mol. The predicted molar refractivity (Wildman–Crippen MR) is 64.3 cm³/mol. The van der Waals surface area contributed by atoms with E-state index in [4.69, 9.17) is 0 Å². The lowest BCUT2D eigenvalue weighted by molar-refractivity contribution is 0.531. The lowest BCUT2D eigenvalue weighted by atomic mass is 10.0. The maximum Gasteiger partial charge on any atom is -0.0386 e. The molecule has 0 amide bonds. The second-order valence-corrected chi connectivity index (χ2v) is 4.76. The largest absolute Gasteiger partial charge is 0.0533 e. The molecule has 1 saturated carbocycles. The lowest BCUT2D eigenvalue weighted by Crippen LogP contribution is -1.86. The van der Waals surface area contributed by atoms with Crippen LogP contribution in [0.3, 0.4) is 0 Å². The molecule has 0 aromatic heterocycles. The SMILES string of the molecule is [CH]1CCCCCCCCCCCCC1. The van der Waals surface area contributed by atoms with Gasteiger partial charge in [0.15, 0.2) is 0 Å². The predicted octanol–water partition coefficient (Wildman–Crippen LogP) is 5.28. The van der Waals surface area contributed by atoms with Crippen LogP contribution in [0.5, 0.6) is 0 Å². The van der Waals surface area contributed by atoms with E-state index in [-0.39, 0.29) is 0 Å². The fourth-order valence-corrected chi connectivity index (χ4v) is 2.31. The van der Waals surface area contributed by atoms with Crippen LogP contribution in [0.4, 0.5) is 0 Å². The van der Waals surface area contributed by atoms with Crippen molar-refractivity contribution < 1.29 is 0 Å². The van der Waals surface area contributed by atoms with Crippen molar-refractivity contribution in [3.63, 3.8) is 0 Å². The molecule has 0 N–H and O–H groups in total. The van der Waals surface area contributed by atoms with Gasteiger partial charge in [0.05, 0.1) is 0 Å². The zero-order valence-corrected chi connectivity index (χ0v) is 9.77. The number of hydrogen-bond donors (Lipinski definition) is 0. The average molecular weight is 195 g/mol. The minimum absolute atomic E-state index is 1.38. The van der Waals surface area contributed by atoms with Crippen molar-refractivity contribution in [3.8, 4) is 0 Å². The van der Waals surface area contributed by atoms with Gasteiger partial charge in [0.2, 0.25) is 0 Å². The van der Waals surface area contributed by atoms with E-state index < -0.39 is 0 Å². The van der Waals surface area contributed by atoms with Gasteiger partial charge in [-0.25, -0.2) is 0 Å². The van der Waals surface area contributed by atoms with E-state index >= 15 is 0 Å². The average Bonchev–Trinajstić information content (AvgIpc) is 2.22. The van der Waals surface area contributed by atoms with Gasteiger partial charge < -0.3 is 0 Å². The molecule has 0 heteroatoms. The minimum atomic E-state index is 1.38. The Labute approximate surface area is 90.5 Å². The van der Waals surface area contributed by atoms with Gasteiger partial charge in [0.25, 0.3) is 0 Å². The molecule has 1 fully saturated rings. The van der Waals surface area contributed by atoms with Crippen molar-refractivity contribution in [3.05, 3.63) is 6.42 Å². The first-order valence-electron chi connectivity index (χ1n) is 6.82. The Morgan fingerprint density at radius 2 is 0.643 bits per heavy atom. The first-order chi connectivity index (χ1) is 7.00. The second-order valence-electron chi connectivity index (χ2n) is 4.76. The first kappa shape index (κ1) is 12.1. The van der Waals surface area contributed by atoms with Crippen LogP contribution in [0.15, 0.2) is 0 Å². The Balaban J connectivity index is 2.00. The molecule has 0 spiro atoms. The van der Waals surface area contributed by atoms with Crippen LogP contribution < -0.4 is 0 Å². The highest BCUT2D eigenvalue weighted by atomic mass is 14.0. The second kappa shape index (κ2) is 9.55. The third-order valence-electron chi connectivity index (χ3n) is 3.32.